The van der Waals surface area contributed by atoms with Crippen LogP contribution in [-0.2, 0) is 11.3 Å². The molecule has 0 aliphatic rings. The molecule has 5 heteroatoms. The van der Waals surface area contributed by atoms with Gasteiger partial charge in [0.1, 0.15) is 5.82 Å². The lowest BCUT2D eigenvalue weighted by Crippen LogP contribution is -2.30. The molecule has 1 atom stereocenters. The molecule has 3 nitrogen and oxygen atoms in total. The van der Waals surface area contributed by atoms with Crippen molar-refractivity contribution < 1.29 is 19.2 Å². The van der Waals surface area contributed by atoms with E-state index >= 15 is 0 Å². The summed E-state index contributed by atoms with van der Waals surface area (Å²) >= 11 is 0. The molecule has 0 saturated carbocycles. The molecular weight excluding hydrogens is 234 g/mol. The zero-order valence-corrected chi connectivity index (χ0v) is 11.1. The highest BCUT2D eigenvalue weighted by Crippen LogP contribution is 2.11. The van der Waals surface area contributed by atoms with Crippen molar-refractivity contribution in [3.05, 3.63) is 29.6 Å². The highest BCUT2D eigenvalue weighted by Gasteiger charge is 2.14. The topological polar surface area (TPSA) is 49.7 Å². The molecule has 18 heavy (non-hydrogen) atoms. The van der Waals surface area contributed by atoms with E-state index in [1.807, 2.05) is 6.92 Å². The van der Waals surface area contributed by atoms with Crippen LogP contribution in [0.3, 0.4) is 0 Å². The third kappa shape index (κ3) is 5.17. The van der Waals surface area contributed by atoms with Gasteiger partial charge in [0, 0.05) is 0 Å². The second-order valence-electron chi connectivity index (χ2n) is 5.02. The molecule has 0 spiro atoms. The molecule has 0 fully saturated rings. The third-order valence-electron chi connectivity index (χ3n) is 2.62. The minimum Gasteiger partial charge on any atom is -0.423 e. The van der Waals surface area contributed by atoms with Crippen molar-refractivity contribution in [3.63, 3.8) is 0 Å². The molecule has 1 unspecified atom stereocenters. The van der Waals surface area contributed by atoms with Gasteiger partial charge in [0.15, 0.2) is 0 Å². The fraction of sp³-hybridized carbons (Fsp3) is 0.538. The SMILES string of the molecule is CC(C)CC(C)OCc1cc(F)cc(B(O)O)c1. The summed E-state index contributed by atoms with van der Waals surface area (Å²) in [6.07, 6.45) is 1.03. The summed E-state index contributed by atoms with van der Waals surface area (Å²) in [4.78, 5) is 0. The Morgan fingerprint density at radius 1 is 1.22 bits per heavy atom. The van der Waals surface area contributed by atoms with Crippen LogP contribution in [-0.4, -0.2) is 23.3 Å². The van der Waals surface area contributed by atoms with Crippen molar-refractivity contribution in [3.8, 4) is 0 Å². The average molecular weight is 254 g/mol. The standard InChI is InChI=1S/C13H20BFO3/c1-9(2)4-10(3)18-8-11-5-12(14(16)17)7-13(15)6-11/h5-7,9-10,16-17H,4,8H2,1-3H3. The minimum atomic E-state index is -1.66. The summed E-state index contributed by atoms with van der Waals surface area (Å²) in [5.41, 5.74) is 0.749. The lowest BCUT2D eigenvalue weighted by atomic mass is 9.79. The first kappa shape index (κ1) is 15.2. The Morgan fingerprint density at radius 2 is 1.89 bits per heavy atom. The molecule has 0 bridgehead atoms. The van der Waals surface area contributed by atoms with E-state index in [2.05, 4.69) is 13.8 Å². The Labute approximate surface area is 108 Å². The monoisotopic (exact) mass is 254 g/mol. The summed E-state index contributed by atoms with van der Waals surface area (Å²) in [6, 6.07) is 3.98. The van der Waals surface area contributed by atoms with E-state index in [0.717, 1.165) is 12.5 Å². The fourth-order valence-corrected chi connectivity index (χ4v) is 1.88. The first-order valence-corrected chi connectivity index (χ1v) is 6.15. The molecule has 0 heterocycles. The van der Waals surface area contributed by atoms with Gasteiger partial charge in [0.2, 0.25) is 0 Å². The lowest BCUT2D eigenvalue weighted by Gasteiger charge is -2.15. The van der Waals surface area contributed by atoms with Crippen molar-refractivity contribution in [2.45, 2.75) is 39.9 Å². The maximum atomic E-state index is 13.2. The van der Waals surface area contributed by atoms with Gasteiger partial charge in [-0.15, -0.1) is 0 Å². The Hall–Kier alpha value is -0.905. The summed E-state index contributed by atoms with van der Waals surface area (Å²) < 4.78 is 18.8. The maximum absolute atomic E-state index is 13.2. The van der Waals surface area contributed by atoms with Gasteiger partial charge in [0.05, 0.1) is 12.7 Å². The van der Waals surface area contributed by atoms with Gasteiger partial charge in [-0.1, -0.05) is 19.9 Å². The van der Waals surface area contributed by atoms with E-state index in [4.69, 9.17) is 14.8 Å². The zero-order chi connectivity index (χ0) is 13.7. The number of benzene rings is 1. The number of hydrogen-bond donors (Lipinski definition) is 2. The van der Waals surface area contributed by atoms with Crippen LogP contribution >= 0.6 is 0 Å². The Balaban J connectivity index is 2.62. The quantitative estimate of drug-likeness (QED) is 0.755. The molecule has 1 aromatic carbocycles. The lowest BCUT2D eigenvalue weighted by molar-refractivity contribution is 0.0396. The largest absolute Gasteiger partial charge is 0.488 e. The fourth-order valence-electron chi connectivity index (χ4n) is 1.88. The summed E-state index contributed by atoms with van der Waals surface area (Å²) in [5.74, 6) is 0.0537. The van der Waals surface area contributed by atoms with Crippen LogP contribution < -0.4 is 5.46 Å². The molecule has 0 aromatic heterocycles. The second-order valence-corrected chi connectivity index (χ2v) is 5.02. The molecule has 0 radical (unpaired) electrons. The predicted octanol–water partition coefficient (Wildman–Crippen LogP) is 1.46. The Kier molecular flexibility index (Phi) is 5.79. The van der Waals surface area contributed by atoms with Crippen LogP contribution in [0.2, 0.25) is 0 Å². The van der Waals surface area contributed by atoms with Crippen molar-refractivity contribution in [2.75, 3.05) is 0 Å². The smallest absolute Gasteiger partial charge is 0.423 e. The second kappa shape index (κ2) is 6.88. The molecule has 1 rings (SSSR count). The molecule has 0 aliphatic heterocycles. The Morgan fingerprint density at radius 3 is 2.44 bits per heavy atom. The minimum absolute atomic E-state index is 0.0933. The highest BCUT2D eigenvalue weighted by atomic mass is 19.1. The van der Waals surface area contributed by atoms with Gasteiger partial charge >= 0.3 is 7.12 Å². The predicted molar refractivity (Wildman–Crippen MR) is 69.9 cm³/mol. The number of hydrogen-bond acceptors (Lipinski definition) is 3. The van der Waals surface area contributed by atoms with E-state index < -0.39 is 12.9 Å². The average Bonchev–Trinajstić information content (AvgIpc) is 2.24. The van der Waals surface area contributed by atoms with Crippen LogP contribution in [0.15, 0.2) is 18.2 Å². The van der Waals surface area contributed by atoms with Crippen LogP contribution in [0, 0.1) is 11.7 Å². The third-order valence-corrected chi connectivity index (χ3v) is 2.62. The van der Waals surface area contributed by atoms with Gasteiger partial charge in [0.25, 0.3) is 0 Å². The molecule has 2 N–H and O–H groups in total. The van der Waals surface area contributed by atoms with Crippen LogP contribution in [0.4, 0.5) is 4.39 Å². The highest BCUT2D eigenvalue weighted by molar-refractivity contribution is 6.58. The summed E-state index contributed by atoms with van der Waals surface area (Å²) in [7, 11) is -1.66. The molecule has 0 amide bonds. The van der Waals surface area contributed by atoms with Gasteiger partial charge in [-0.2, -0.15) is 0 Å². The summed E-state index contributed by atoms with van der Waals surface area (Å²) in [5, 5.41) is 18.0. The van der Waals surface area contributed by atoms with Gasteiger partial charge in [-0.3, -0.25) is 0 Å². The van der Waals surface area contributed by atoms with E-state index in [0.29, 0.717) is 11.5 Å². The Bertz CT molecular complexity index is 382. The van der Waals surface area contributed by atoms with E-state index in [-0.39, 0.29) is 18.2 Å². The van der Waals surface area contributed by atoms with E-state index in [1.165, 1.54) is 12.1 Å². The van der Waals surface area contributed by atoms with Crippen LogP contribution in [0.5, 0.6) is 0 Å². The number of halogens is 1. The maximum Gasteiger partial charge on any atom is 0.488 e. The zero-order valence-electron chi connectivity index (χ0n) is 11.1. The number of ether oxygens (including phenoxy) is 1. The summed E-state index contributed by atoms with van der Waals surface area (Å²) in [6.45, 7) is 6.47. The van der Waals surface area contributed by atoms with Gasteiger partial charge in [-0.25, -0.2) is 4.39 Å². The normalized spacial score (nSPS) is 12.8. The van der Waals surface area contributed by atoms with Crippen LogP contribution in [0.25, 0.3) is 0 Å². The van der Waals surface area contributed by atoms with E-state index in [1.54, 1.807) is 0 Å². The number of rotatable bonds is 6. The van der Waals surface area contributed by atoms with Crippen molar-refractivity contribution >= 4 is 12.6 Å². The molecule has 1 aromatic rings. The molecule has 0 aliphatic carbocycles. The van der Waals surface area contributed by atoms with E-state index in [9.17, 15) is 4.39 Å². The van der Waals surface area contributed by atoms with Crippen molar-refractivity contribution in [1.82, 2.24) is 0 Å². The molecule has 100 valence electrons. The van der Waals surface area contributed by atoms with Gasteiger partial charge in [-0.05, 0) is 42.4 Å². The van der Waals surface area contributed by atoms with Crippen LogP contribution in [0.1, 0.15) is 32.8 Å². The first-order valence-electron chi connectivity index (χ1n) is 6.15. The first-order chi connectivity index (χ1) is 8.38. The van der Waals surface area contributed by atoms with Gasteiger partial charge < -0.3 is 14.8 Å². The molecular formula is C13H20BFO3. The molecule has 0 saturated heterocycles. The van der Waals surface area contributed by atoms with Crippen molar-refractivity contribution in [2.24, 2.45) is 5.92 Å². The van der Waals surface area contributed by atoms with Crippen molar-refractivity contribution in [1.29, 1.82) is 0 Å².